The van der Waals surface area contributed by atoms with Gasteiger partial charge in [-0.1, -0.05) is 20.3 Å². The van der Waals surface area contributed by atoms with Gasteiger partial charge in [0.2, 0.25) is 0 Å². The normalized spacial score (nSPS) is 16.5. The summed E-state index contributed by atoms with van der Waals surface area (Å²) in [5.41, 5.74) is 0.736. The first-order valence-electron chi connectivity index (χ1n) is 6.23. The molecule has 0 fully saturated rings. The fraction of sp³-hybridized carbons (Fsp3) is 0.571. The highest BCUT2D eigenvalue weighted by molar-refractivity contribution is 5.40. The van der Waals surface area contributed by atoms with Gasteiger partial charge in [0.1, 0.15) is 11.5 Å². The molecule has 1 aromatic carbocycles. The van der Waals surface area contributed by atoms with Crippen molar-refractivity contribution < 1.29 is 10.2 Å². The van der Waals surface area contributed by atoms with Gasteiger partial charge in [-0.3, -0.25) is 0 Å². The monoisotopic (exact) mass is 237 g/mol. The minimum atomic E-state index is 0.0195. The lowest BCUT2D eigenvalue weighted by Crippen LogP contribution is -2.33. The van der Waals surface area contributed by atoms with Crippen LogP contribution in [0.5, 0.6) is 11.5 Å². The van der Waals surface area contributed by atoms with Crippen molar-refractivity contribution in [3.63, 3.8) is 0 Å². The number of phenolic OH excluding ortho intramolecular Hbond substituents is 2. The summed E-state index contributed by atoms with van der Waals surface area (Å²) < 4.78 is 0. The Kier molecular flexibility index (Phi) is 4.82. The van der Waals surface area contributed by atoms with Gasteiger partial charge in [-0.05, 0) is 38.0 Å². The molecule has 3 unspecified atom stereocenters. The fourth-order valence-corrected chi connectivity index (χ4v) is 1.89. The Morgan fingerprint density at radius 1 is 1.18 bits per heavy atom. The average molecular weight is 237 g/mol. The minimum absolute atomic E-state index is 0.0195. The van der Waals surface area contributed by atoms with Crippen molar-refractivity contribution in [3.8, 4) is 11.5 Å². The van der Waals surface area contributed by atoms with Gasteiger partial charge in [0.15, 0.2) is 0 Å². The van der Waals surface area contributed by atoms with Crippen molar-refractivity contribution in [1.29, 1.82) is 0 Å². The lowest BCUT2D eigenvalue weighted by molar-refractivity contribution is 0.353. The molecule has 0 aliphatic carbocycles. The third-order valence-electron chi connectivity index (χ3n) is 3.49. The topological polar surface area (TPSA) is 52.5 Å². The standard InChI is InChI=1S/C14H23NO2/c1-5-9(2)10(3)15-11(4)13-8-12(16)6-7-14(13)17/h6-11,15-17H,5H2,1-4H3. The molecule has 0 saturated heterocycles. The largest absolute Gasteiger partial charge is 0.508 e. The molecule has 0 aliphatic rings. The van der Waals surface area contributed by atoms with Gasteiger partial charge in [0.25, 0.3) is 0 Å². The summed E-state index contributed by atoms with van der Waals surface area (Å²) in [7, 11) is 0. The Morgan fingerprint density at radius 3 is 2.41 bits per heavy atom. The van der Waals surface area contributed by atoms with Crippen molar-refractivity contribution in [2.24, 2.45) is 5.92 Å². The molecule has 1 rings (SSSR count). The number of rotatable bonds is 5. The van der Waals surface area contributed by atoms with Gasteiger partial charge in [0.05, 0.1) is 0 Å². The minimum Gasteiger partial charge on any atom is -0.508 e. The summed E-state index contributed by atoms with van der Waals surface area (Å²) in [6, 6.07) is 5.01. The summed E-state index contributed by atoms with van der Waals surface area (Å²) >= 11 is 0. The second-order valence-electron chi connectivity index (χ2n) is 4.81. The summed E-state index contributed by atoms with van der Waals surface area (Å²) in [5, 5.41) is 22.6. The van der Waals surface area contributed by atoms with Gasteiger partial charge >= 0.3 is 0 Å². The first kappa shape index (κ1) is 13.8. The first-order valence-corrected chi connectivity index (χ1v) is 6.23. The maximum Gasteiger partial charge on any atom is 0.120 e. The zero-order valence-electron chi connectivity index (χ0n) is 11.1. The molecule has 0 amide bonds. The molecule has 96 valence electrons. The van der Waals surface area contributed by atoms with Crippen LogP contribution in [0.2, 0.25) is 0 Å². The third kappa shape index (κ3) is 3.63. The van der Waals surface area contributed by atoms with Crippen molar-refractivity contribution in [1.82, 2.24) is 5.32 Å². The van der Waals surface area contributed by atoms with E-state index in [0.29, 0.717) is 12.0 Å². The second kappa shape index (κ2) is 5.92. The molecule has 17 heavy (non-hydrogen) atoms. The summed E-state index contributed by atoms with van der Waals surface area (Å²) in [6.07, 6.45) is 1.12. The molecule has 3 nitrogen and oxygen atoms in total. The molecule has 0 spiro atoms. The van der Waals surface area contributed by atoms with E-state index < -0.39 is 0 Å². The van der Waals surface area contributed by atoms with Crippen LogP contribution in [-0.2, 0) is 0 Å². The summed E-state index contributed by atoms with van der Waals surface area (Å²) in [4.78, 5) is 0. The maximum absolute atomic E-state index is 9.76. The van der Waals surface area contributed by atoms with E-state index in [4.69, 9.17) is 0 Å². The highest BCUT2D eigenvalue weighted by atomic mass is 16.3. The van der Waals surface area contributed by atoms with Crippen molar-refractivity contribution in [3.05, 3.63) is 23.8 Å². The predicted molar refractivity (Wildman–Crippen MR) is 70.2 cm³/mol. The van der Waals surface area contributed by atoms with E-state index >= 15 is 0 Å². The molecule has 3 N–H and O–H groups in total. The Labute approximate surface area is 103 Å². The van der Waals surface area contributed by atoms with Crippen molar-refractivity contribution in [2.75, 3.05) is 0 Å². The van der Waals surface area contributed by atoms with Crippen molar-refractivity contribution >= 4 is 0 Å². The van der Waals surface area contributed by atoms with E-state index in [1.54, 1.807) is 6.07 Å². The molecular formula is C14H23NO2. The molecule has 3 atom stereocenters. The summed E-state index contributed by atoms with van der Waals surface area (Å²) in [6.45, 7) is 8.50. The van der Waals surface area contributed by atoms with Crippen LogP contribution in [0.15, 0.2) is 18.2 Å². The van der Waals surface area contributed by atoms with Crippen LogP contribution in [-0.4, -0.2) is 16.3 Å². The van der Waals surface area contributed by atoms with E-state index in [1.807, 2.05) is 6.92 Å². The molecule has 0 heterocycles. The molecule has 0 bridgehead atoms. The zero-order chi connectivity index (χ0) is 13.0. The van der Waals surface area contributed by atoms with Crippen LogP contribution in [0.25, 0.3) is 0 Å². The number of nitrogens with one attached hydrogen (secondary N) is 1. The van der Waals surface area contributed by atoms with Gasteiger partial charge in [-0.25, -0.2) is 0 Å². The maximum atomic E-state index is 9.76. The van der Waals surface area contributed by atoms with Gasteiger partial charge in [0, 0.05) is 17.6 Å². The molecule has 0 aliphatic heterocycles. The van der Waals surface area contributed by atoms with E-state index in [0.717, 1.165) is 12.0 Å². The third-order valence-corrected chi connectivity index (χ3v) is 3.49. The Morgan fingerprint density at radius 2 is 1.82 bits per heavy atom. The lowest BCUT2D eigenvalue weighted by Gasteiger charge is -2.25. The Bertz CT molecular complexity index is 365. The molecule has 1 aromatic rings. The van der Waals surface area contributed by atoms with Crippen molar-refractivity contribution in [2.45, 2.75) is 46.2 Å². The van der Waals surface area contributed by atoms with Crippen LogP contribution in [0.4, 0.5) is 0 Å². The van der Waals surface area contributed by atoms with Gasteiger partial charge in [-0.15, -0.1) is 0 Å². The molecule has 0 radical (unpaired) electrons. The zero-order valence-corrected chi connectivity index (χ0v) is 11.1. The van der Waals surface area contributed by atoms with Gasteiger partial charge in [-0.2, -0.15) is 0 Å². The van der Waals surface area contributed by atoms with E-state index in [-0.39, 0.29) is 17.5 Å². The highest BCUT2D eigenvalue weighted by Gasteiger charge is 2.16. The number of hydrogen-bond acceptors (Lipinski definition) is 3. The van der Waals surface area contributed by atoms with Crippen LogP contribution >= 0.6 is 0 Å². The average Bonchev–Trinajstić information content (AvgIpc) is 2.30. The quantitative estimate of drug-likeness (QED) is 0.689. The second-order valence-corrected chi connectivity index (χ2v) is 4.81. The first-order chi connectivity index (χ1) is 7.95. The number of benzene rings is 1. The van der Waals surface area contributed by atoms with Crippen LogP contribution in [0, 0.1) is 5.92 Å². The SMILES string of the molecule is CCC(C)C(C)NC(C)c1cc(O)ccc1O. The van der Waals surface area contributed by atoms with Crippen LogP contribution in [0.1, 0.15) is 45.7 Å². The molecule has 0 saturated carbocycles. The molecular weight excluding hydrogens is 214 g/mol. The van der Waals surface area contributed by atoms with E-state index in [2.05, 4.69) is 26.1 Å². The van der Waals surface area contributed by atoms with E-state index in [9.17, 15) is 10.2 Å². The van der Waals surface area contributed by atoms with E-state index in [1.165, 1.54) is 12.1 Å². The smallest absolute Gasteiger partial charge is 0.120 e. The van der Waals surface area contributed by atoms with Gasteiger partial charge < -0.3 is 15.5 Å². The van der Waals surface area contributed by atoms with Crippen LogP contribution < -0.4 is 5.32 Å². The Hall–Kier alpha value is -1.22. The number of aromatic hydroxyl groups is 2. The number of phenols is 2. The number of hydrogen-bond donors (Lipinski definition) is 3. The fourth-order valence-electron chi connectivity index (χ4n) is 1.89. The summed E-state index contributed by atoms with van der Waals surface area (Å²) in [5.74, 6) is 0.985. The highest BCUT2D eigenvalue weighted by Crippen LogP contribution is 2.28. The Balaban J connectivity index is 2.75. The van der Waals surface area contributed by atoms with Crippen LogP contribution in [0.3, 0.4) is 0 Å². The predicted octanol–water partition coefficient (Wildman–Crippen LogP) is 3.18. The molecule has 0 aromatic heterocycles. The molecule has 3 heteroatoms. The lowest BCUT2D eigenvalue weighted by atomic mass is 9.98.